The minimum atomic E-state index is 0.872. The molecular formula is C24H6S3. The quantitative estimate of drug-likeness (QED) is 0.396. The molecule has 3 aromatic heterocycles. The second-order valence-electron chi connectivity index (χ2n) is 4.99. The van der Waals surface area contributed by atoms with E-state index in [1.807, 2.05) is 34.3 Å². The van der Waals surface area contributed by atoms with Gasteiger partial charge < -0.3 is 0 Å². The average Bonchev–Trinajstić information content (AvgIpc) is 3.40. The van der Waals surface area contributed by atoms with E-state index in [0.29, 0.717) is 0 Å². The van der Waals surface area contributed by atoms with Gasteiger partial charge in [-0.3, -0.25) is 0 Å². The van der Waals surface area contributed by atoms with Crippen LogP contribution in [0.5, 0.6) is 0 Å². The third kappa shape index (κ3) is 4.17. The molecule has 1 aliphatic carbocycles. The van der Waals surface area contributed by atoms with Gasteiger partial charge in [-0.05, 0) is 85.9 Å². The van der Waals surface area contributed by atoms with Crippen LogP contribution >= 0.6 is 34.0 Å². The SMILES string of the molecule is C1=C=C=c2ccsc2=C=C=C=C=c2sccc2=C=C=C=C=c2sccc2=C=1. The van der Waals surface area contributed by atoms with Crippen molar-refractivity contribution >= 4 is 68.4 Å². The first-order valence-corrected chi connectivity index (χ1v) is 10.3. The first-order valence-electron chi connectivity index (χ1n) is 7.69. The smallest absolute Gasteiger partial charge is 0.0935 e. The van der Waals surface area contributed by atoms with Crippen molar-refractivity contribution in [3.63, 3.8) is 0 Å². The number of hydrogen-bond donors (Lipinski definition) is 0. The van der Waals surface area contributed by atoms with E-state index in [1.165, 1.54) is 0 Å². The van der Waals surface area contributed by atoms with Crippen LogP contribution in [0.1, 0.15) is 0 Å². The predicted octanol–water partition coefficient (Wildman–Crippen LogP) is 1.16. The van der Waals surface area contributed by atoms with E-state index in [4.69, 9.17) is 0 Å². The Hall–Kier alpha value is -3.54. The molecule has 3 heteroatoms. The maximum Gasteiger partial charge on any atom is 0.0935 e. The second-order valence-corrected chi connectivity index (χ2v) is 7.74. The summed E-state index contributed by atoms with van der Waals surface area (Å²) in [6.45, 7) is 0. The molecule has 0 aromatic carbocycles. The summed E-state index contributed by atoms with van der Waals surface area (Å²) in [5, 5.41) is 8.53. The fourth-order valence-corrected chi connectivity index (χ4v) is 4.16. The molecule has 0 unspecified atom stereocenters. The molecular weight excluding hydrogens is 384 g/mol. The van der Waals surface area contributed by atoms with E-state index in [0.717, 1.165) is 29.3 Å². The Morgan fingerprint density at radius 2 is 0.704 bits per heavy atom. The standard InChI is InChI=1S/C24H6S3/c1-2-8-20-14-17-26-23(20)11-5-6-12-24-21(15-18-27-24)9-3-4-10-22-19(7-1)13-16-25-22/h13-18H. The summed E-state index contributed by atoms with van der Waals surface area (Å²) >= 11 is 4.64. The number of thiophene rings is 3. The van der Waals surface area contributed by atoms with E-state index < -0.39 is 0 Å². The summed E-state index contributed by atoms with van der Waals surface area (Å²) in [6.07, 6.45) is 0. The molecule has 0 saturated carbocycles. The van der Waals surface area contributed by atoms with Gasteiger partial charge in [0.15, 0.2) is 0 Å². The molecule has 4 rings (SSSR count). The zero-order chi connectivity index (χ0) is 18.3. The molecule has 0 atom stereocenters. The number of hydrogen-bond acceptors (Lipinski definition) is 3. The van der Waals surface area contributed by atoms with Crippen LogP contribution in [-0.2, 0) is 0 Å². The van der Waals surface area contributed by atoms with Crippen LogP contribution in [0.4, 0.5) is 0 Å². The Balaban J connectivity index is 2.40. The van der Waals surface area contributed by atoms with Crippen molar-refractivity contribution < 1.29 is 0 Å². The zero-order valence-electron chi connectivity index (χ0n) is 13.7. The summed E-state index contributed by atoms with van der Waals surface area (Å²) in [7, 11) is 0. The van der Waals surface area contributed by atoms with Gasteiger partial charge in [0.05, 0.1) is 29.3 Å². The van der Waals surface area contributed by atoms with Gasteiger partial charge in [-0.1, -0.05) is 17.2 Å². The van der Waals surface area contributed by atoms with Crippen LogP contribution < -0.4 is 29.3 Å². The van der Waals surface area contributed by atoms with Gasteiger partial charge in [0, 0.05) is 0 Å². The lowest BCUT2D eigenvalue weighted by Gasteiger charge is -1.64. The summed E-state index contributed by atoms with van der Waals surface area (Å²) in [5.74, 6) is 0. The van der Waals surface area contributed by atoms with Crippen molar-refractivity contribution in [1.29, 1.82) is 0 Å². The largest absolute Gasteiger partial charge is 0.134 e. The Labute approximate surface area is 165 Å². The molecule has 3 heterocycles. The second kappa shape index (κ2) is 8.23. The predicted molar refractivity (Wildman–Crippen MR) is 112 cm³/mol. The molecule has 0 aliphatic heterocycles. The minimum Gasteiger partial charge on any atom is -0.134 e. The highest BCUT2D eigenvalue weighted by Crippen LogP contribution is 1.80. The lowest BCUT2D eigenvalue weighted by atomic mass is 10.4. The highest BCUT2D eigenvalue weighted by Gasteiger charge is 1.84. The van der Waals surface area contributed by atoms with Crippen molar-refractivity contribution in [1.82, 2.24) is 0 Å². The van der Waals surface area contributed by atoms with Gasteiger partial charge >= 0.3 is 0 Å². The number of rotatable bonds is 0. The molecule has 0 saturated heterocycles. The highest BCUT2D eigenvalue weighted by atomic mass is 32.1. The van der Waals surface area contributed by atoms with Gasteiger partial charge in [0.25, 0.3) is 0 Å². The summed E-state index contributed by atoms with van der Waals surface area (Å²) in [5.41, 5.74) is 35.8. The van der Waals surface area contributed by atoms with E-state index in [9.17, 15) is 0 Å². The first kappa shape index (κ1) is 16.9. The van der Waals surface area contributed by atoms with E-state index >= 15 is 0 Å². The van der Waals surface area contributed by atoms with Gasteiger partial charge in [0.1, 0.15) is 0 Å². The van der Waals surface area contributed by atoms with Gasteiger partial charge in [-0.2, -0.15) is 0 Å². The van der Waals surface area contributed by atoms with Crippen molar-refractivity contribution in [3.8, 4) is 0 Å². The van der Waals surface area contributed by atoms with Crippen molar-refractivity contribution in [3.05, 3.63) is 98.0 Å². The molecule has 0 radical (unpaired) electrons. The van der Waals surface area contributed by atoms with Crippen molar-refractivity contribution in [2.75, 3.05) is 0 Å². The average molecular weight is 391 g/mol. The normalized spacial score (nSPS) is 10.2. The molecule has 0 nitrogen and oxygen atoms in total. The number of fused-ring (bicyclic) bond motifs is 3. The molecule has 1 aliphatic rings. The third-order valence-corrected chi connectivity index (χ3v) is 5.79. The van der Waals surface area contributed by atoms with Crippen LogP contribution in [0, 0.1) is 0 Å². The lowest BCUT2D eigenvalue weighted by Crippen LogP contribution is -2.14. The van der Waals surface area contributed by atoms with Crippen LogP contribution in [0.25, 0.3) is 34.4 Å². The summed E-state index contributed by atoms with van der Waals surface area (Å²) < 4.78 is 2.69. The fourth-order valence-electron chi connectivity index (χ4n) is 2.07. The topological polar surface area (TPSA) is 0 Å². The van der Waals surface area contributed by atoms with Crippen molar-refractivity contribution in [2.45, 2.75) is 0 Å². The fraction of sp³-hybridized carbons (Fsp3) is 0. The van der Waals surface area contributed by atoms with E-state index in [1.54, 1.807) is 34.0 Å². The van der Waals surface area contributed by atoms with Crippen LogP contribution in [0.15, 0.2) is 68.7 Å². The maximum absolute atomic E-state index is 3.07. The lowest BCUT2D eigenvalue weighted by molar-refractivity contribution is 1.74. The van der Waals surface area contributed by atoms with Gasteiger partial charge in [-0.15, -0.1) is 34.0 Å². The molecule has 0 N–H and O–H groups in total. The van der Waals surface area contributed by atoms with Gasteiger partial charge in [-0.25, -0.2) is 0 Å². The van der Waals surface area contributed by atoms with Crippen LogP contribution in [0.2, 0.25) is 0 Å². The molecule has 0 amide bonds. The van der Waals surface area contributed by atoms with E-state index in [2.05, 4.69) is 68.8 Å². The molecule has 0 bridgehead atoms. The van der Waals surface area contributed by atoms with E-state index in [-0.39, 0.29) is 0 Å². The van der Waals surface area contributed by atoms with Gasteiger partial charge in [0.2, 0.25) is 0 Å². The molecule has 0 spiro atoms. The van der Waals surface area contributed by atoms with Crippen LogP contribution in [-0.4, -0.2) is 0 Å². The van der Waals surface area contributed by atoms with Crippen molar-refractivity contribution in [2.24, 2.45) is 0 Å². The zero-order valence-corrected chi connectivity index (χ0v) is 16.1. The monoisotopic (exact) mass is 390 g/mol. The Morgan fingerprint density at radius 1 is 0.407 bits per heavy atom. The third-order valence-electron chi connectivity index (χ3n) is 3.30. The summed E-state index contributed by atoms with van der Waals surface area (Å²) in [6, 6.07) is 5.84. The molecule has 120 valence electrons. The maximum atomic E-state index is 3.07. The Morgan fingerprint density at radius 3 is 1.04 bits per heavy atom. The Bertz CT molecular complexity index is 1450. The Kier molecular flexibility index (Phi) is 5.15. The highest BCUT2D eigenvalue weighted by molar-refractivity contribution is 7.08. The minimum absolute atomic E-state index is 0.872. The molecule has 0 fully saturated rings. The van der Waals surface area contributed by atoms with Crippen LogP contribution in [0.3, 0.4) is 0 Å². The first-order chi connectivity index (χ1) is 13.4. The summed E-state index contributed by atoms with van der Waals surface area (Å²) in [4.78, 5) is 0. The molecule has 3 aromatic rings. The molecule has 27 heavy (non-hydrogen) atoms.